The van der Waals surface area contributed by atoms with E-state index in [-0.39, 0.29) is 29.3 Å². The molecule has 5 nitrogen and oxygen atoms in total. The Bertz CT molecular complexity index is 554. The molecule has 1 aromatic rings. The van der Waals surface area contributed by atoms with Gasteiger partial charge in [0.25, 0.3) is 0 Å². The second kappa shape index (κ2) is 8.63. The predicted octanol–water partition coefficient (Wildman–Crippen LogP) is 2.93. The third-order valence-electron chi connectivity index (χ3n) is 4.73. The number of amides is 2. The Labute approximate surface area is 149 Å². The smallest absolute Gasteiger partial charge is 0.315 e. The number of carbonyl (C=O) groups excluding carboxylic acids is 1. The zero-order valence-electron chi connectivity index (χ0n) is 15.6. The third-order valence-corrected chi connectivity index (χ3v) is 4.73. The maximum absolute atomic E-state index is 13.1. The van der Waals surface area contributed by atoms with Gasteiger partial charge in [0.2, 0.25) is 0 Å². The van der Waals surface area contributed by atoms with E-state index in [0.717, 1.165) is 31.9 Å². The van der Waals surface area contributed by atoms with E-state index in [0.29, 0.717) is 6.54 Å². The summed E-state index contributed by atoms with van der Waals surface area (Å²) < 4.78 is 18.5. The van der Waals surface area contributed by atoms with E-state index in [9.17, 15) is 9.18 Å². The van der Waals surface area contributed by atoms with Gasteiger partial charge in [0.15, 0.2) is 0 Å². The van der Waals surface area contributed by atoms with Gasteiger partial charge < -0.3 is 15.4 Å². The third kappa shape index (κ3) is 5.68. The van der Waals surface area contributed by atoms with Crippen molar-refractivity contribution in [3.8, 4) is 0 Å². The van der Waals surface area contributed by atoms with E-state index in [1.54, 1.807) is 12.1 Å². The first kappa shape index (κ1) is 19.7. The lowest BCUT2D eigenvalue weighted by atomic mass is 9.96. The molecule has 1 atom stereocenters. The molecule has 0 aliphatic carbocycles. The van der Waals surface area contributed by atoms with Crippen molar-refractivity contribution in [2.45, 2.75) is 39.3 Å². The Hall–Kier alpha value is -1.66. The molecule has 0 aromatic heterocycles. The van der Waals surface area contributed by atoms with Crippen LogP contribution in [0.25, 0.3) is 0 Å². The average Bonchev–Trinajstić information content (AvgIpc) is 2.59. The first-order valence-electron chi connectivity index (χ1n) is 8.92. The Morgan fingerprint density at radius 3 is 2.40 bits per heavy atom. The molecule has 2 rings (SSSR count). The number of hydrogen-bond acceptors (Lipinski definition) is 3. The maximum atomic E-state index is 13.1. The van der Waals surface area contributed by atoms with Crippen molar-refractivity contribution in [3.05, 3.63) is 35.6 Å². The van der Waals surface area contributed by atoms with Crippen molar-refractivity contribution in [3.63, 3.8) is 0 Å². The van der Waals surface area contributed by atoms with Crippen LogP contribution >= 0.6 is 0 Å². The molecule has 1 heterocycles. The summed E-state index contributed by atoms with van der Waals surface area (Å²) in [6, 6.07) is 5.92. The van der Waals surface area contributed by atoms with Crippen molar-refractivity contribution >= 4 is 6.03 Å². The van der Waals surface area contributed by atoms with Crippen LogP contribution in [0.5, 0.6) is 0 Å². The van der Waals surface area contributed by atoms with Crippen molar-refractivity contribution in [2.24, 2.45) is 5.92 Å². The van der Waals surface area contributed by atoms with Crippen LogP contribution in [0.2, 0.25) is 0 Å². The minimum Gasteiger partial charge on any atom is -0.379 e. The number of nitrogens with one attached hydrogen (secondary N) is 2. The van der Waals surface area contributed by atoms with Crippen LogP contribution < -0.4 is 10.6 Å². The Balaban J connectivity index is 1.91. The molecular weight excluding hydrogens is 321 g/mol. The van der Waals surface area contributed by atoms with Gasteiger partial charge in [-0.1, -0.05) is 26.0 Å². The van der Waals surface area contributed by atoms with E-state index in [1.165, 1.54) is 12.1 Å². The molecule has 0 unspecified atom stereocenters. The fourth-order valence-electron chi connectivity index (χ4n) is 3.07. The molecule has 0 spiro atoms. The lowest BCUT2D eigenvalue weighted by Gasteiger charge is -2.41. The molecule has 0 saturated carbocycles. The Morgan fingerprint density at radius 2 is 1.84 bits per heavy atom. The zero-order valence-corrected chi connectivity index (χ0v) is 15.6. The number of hydrogen-bond donors (Lipinski definition) is 2. The molecule has 1 fully saturated rings. The lowest BCUT2D eigenvalue weighted by molar-refractivity contribution is -0.00877. The Morgan fingerprint density at radius 1 is 1.24 bits per heavy atom. The molecule has 1 aliphatic rings. The normalized spacial score (nSPS) is 17.4. The monoisotopic (exact) mass is 351 g/mol. The molecule has 2 amide bonds. The summed E-state index contributed by atoms with van der Waals surface area (Å²) in [7, 11) is 0. The molecule has 1 aromatic carbocycles. The lowest BCUT2D eigenvalue weighted by Crippen LogP contribution is -2.56. The molecule has 1 aliphatic heterocycles. The first-order chi connectivity index (χ1) is 11.8. The molecule has 1 saturated heterocycles. The van der Waals surface area contributed by atoms with E-state index in [1.807, 2.05) is 13.8 Å². The topological polar surface area (TPSA) is 53.6 Å². The zero-order chi connectivity index (χ0) is 18.4. The maximum Gasteiger partial charge on any atom is 0.315 e. The summed E-state index contributed by atoms with van der Waals surface area (Å²) in [5.74, 6) is -0.0774. The van der Waals surface area contributed by atoms with E-state index in [2.05, 4.69) is 29.4 Å². The van der Waals surface area contributed by atoms with Crippen LogP contribution in [-0.2, 0) is 4.74 Å². The highest BCUT2D eigenvalue weighted by Crippen LogP contribution is 2.22. The predicted molar refractivity (Wildman–Crippen MR) is 97.0 cm³/mol. The van der Waals surface area contributed by atoms with E-state index >= 15 is 0 Å². The number of ether oxygens (including phenoxy) is 1. The van der Waals surface area contributed by atoms with Gasteiger partial charge in [0, 0.05) is 25.2 Å². The quantitative estimate of drug-likeness (QED) is 0.829. The van der Waals surface area contributed by atoms with Crippen LogP contribution in [0.15, 0.2) is 24.3 Å². The summed E-state index contributed by atoms with van der Waals surface area (Å²) in [4.78, 5) is 14.7. The van der Waals surface area contributed by atoms with Crippen LogP contribution in [-0.4, -0.2) is 49.3 Å². The molecule has 140 valence electrons. The average molecular weight is 351 g/mol. The molecule has 25 heavy (non-hydrogen) atoms. The number of rotatable bonds is 6. The molecular formula is C19H30FN3O2. The van der Waals surface area contributed by atoms with Crippen LogP contribution in [0, 0.1) is 11.7 Å². The second-order valence-corrected chi connectivity index (χ2v) is 7.51. The largest absolute Gasteiger partial charge is 0.379 e. The summed E-state index contributed by atoms with van der Waals surface area (Å²) >= 11 is 0. The number of halogens is 1. The van der Waals surface area contributed by atoms with Gasteiger partial charge in [-0.2, -0.15) is 0 Å². The minimum absolute atomic E-state index is 0.135. The second-order valence-electron chi connectivity index (χ2n) is 7.51. The highest BCUT2D eigenvalue weighted by Gasteiger charge is 2.29. The van der Waals surface area contributed by atoms with Gasteiger partial charge >= 0.3 is 6.03 Å². The molecule has 2 N–H and O–H groups in total. The Kier molecular flexibility index (Phi) is 6.79. The van der Waals surface area contributed by atoms with Gasteiger partial charge in [0.05, 0.1) is 19.3 Å². The van der Waals surface area contributed by atoms with E-state index in [4.69, 9.17) is 4.74 Å². The summed E-state index contributed by atoms with van der Waals surface area (Å²) in [5.41, 5.74) is 0.767. The fraction of sp³-hybridized carbons (Fsp3) is 0.632. The van der Waals surface area contributed by atoms with Gasteiger partial charge in [-0.15, -0.1) is 0 Å². The van der Waals surface area contributed by atoms with Crippen molar-refractivity contribution < 1.29 is 13.9 Å². The van der Waals surface area contributed by atoms with Crippen LogP contribution in [0.1, 0.15) is 39.3 Å². The highest BCUT2D eigenvalue weighted by atomic mass is 19.1. The number of morpholine rings is 1. The van der Waals surface area contributed by atoms with Crippen molar-refractivity contribution in [1.29, 1.82) is 0 Å². The SMILES string of the molecule is CC(C)[C@H](NC(=O)NCC(C)(C)N1CCOCC1)c1ccc(F)cc1. The van der Waals surface area contributed by atoms with Crippen molar-refractivity contribution in [2.75, 3.05) is 32.8 Å². The summed E-state index contributed by atoms with van der Waals surface area (Å²) in [5, 5.41) is 5.99. The number of urea groups is 1. The van der Waals surface area contributed by atoms with Crippen molar-refractivity contribution in [1.82, 2.24) is 15.5 Å². The van der Waals surface area contributed by atoms with Gasteiger partial charge in [-0.3, -0.25) is 4.90 Å². The van der Waals surface area contributed by atoms with Crippen LogP contribution in [0.3, 0.4) is 0 Å². The molecule has 0 radical (unpaired) electrons. The van der Waals surface area contributed by atoms with Crippen LogP contribution in [0.4, 0.5) is 9.18 Å². The summed E-state index contributed by atoms with van der Waals surface area (Å²) in [6.45, 7) is 12.1. The molecule has 6 heteroatoms. The van der Waals surface area contributed by atoms with Gasteiger partial charge in [-0.05, 0) is 37.5 Å². The number of nitrogens with zero attached hydrogens (tertiary/aromatic N) is 1. The fourth-order valence-corrected chi connectivity index (χ4v) is 3.07. The van der Waals surface area contributed by atoms with Gasteiger partial charge in [0.1, 0.15) is 5.82 Å². The summed E-state index contributed by atoms with van der Waals surface area (Å²) in [6.07, 6.45) is 0. The first-order valence-corrected chi connectivity index (χ1v) is 8.92. The minimum atomic E-state index is -0.275. The number of benzene rings is 1. The molecule has 0 bridgehead atoms. The standard InChI is InChI=1S/C19H30FN3O2/c1-14(2)17(15-5-7-16(20)8-6-15)22-18(24)21-13-19(3,4)23-9-11-25-12-10-23/h5-8,14,17H,9-13H2,1-4H3,(H2,21,22,24)/t17-/m0/s1. The van der Waals surface area contributed by atoms with E-state index < -0.39 is 0 Å². The number of carbonyl (C=O) groups is 1. The highest BCUT2D eigenvalue weighted by molar-refractivity contribution is 5.74. The van der Waals surface area contributed by atoms with Gasteiger partial charge in [-0.25, -0.2) is 9.18 Å².